The molecule has 0 aliphatic heterocycles. The van der Waals surface area contributed by atoms with Crippen LogP contribution in [-0.4, -0.2) is 52.9 Å². The lowest BCUT2D eigenvalue weighted by Crippen LogP contribution is -2.44. The first kappa shape index (κ1) is 14.8. The normalized spacial score (nSPS) is 12.7. The zero-order valence-corrected chi connectivity index (χ0v) is 10.5. The second-order valence-corrected chi connectivity index (χ2v) is 4.59. The van der Waals surface area contributed by atoms with Gasteiger partial charge >= 0.3 is 0 Å². The molecule has 15 heavy (non-hydrogen) atoms. The molecule has 0 aromatic heterocycles. The highest BCUT2D eigenvalue weighted by Crippen LogP contribution is 1.97. The van der Waals surface area contributed by atoms with Gasteiger partial charge in [-0.2, -0.15) is 17.4 Å². The highest BCUT2D eigenvalue weighted by atomic mass is 32.2. The fourth-order valence-electron chi connectivity index (χ4n) is 1.09. The van der Waals surface area contributed by atoms with Gasteiger partial charge in [-0.3, -0.25) is 0 Å². The summed E-state index contributed by atoms with van der Waals surface area (Å²) in [7, 11) is -0.498. The predicted octanol–water partition coefficient (Wildman–Crippen LogP) is -0.218. The number of hydrogen-bond donors (Lipinski definition) is 1. The van der Waals surface area contributed by atoms with Gasteiger partial charge in [-0.05, 0) is 0 Å². The topological polar surface area (TPSA) is 67.9 Å². The van der Waals surface area contributed by atoms with Gasteiger partial charge in [-0.1, -0.05) is 13.8 Å². The van der Waals surface area contributed by atoms with Crippen LogP contribution < -0.4 is 4.72 Å². The van der Waals surface area contributed by atoms with E-state index < -0.39 is 16.5 Å². The highest BCUT2D eigenvalue weighted by molar-refractivity contribution is 7.87. The van der Waals surface area contributed by atoms with Gasteiger partial charge < -0.3 is 9.47 Å². The third-order valence-corrected chi connectivity index (χ3v) is 3.73. The SMILES string of the molecule is CCN(CC)S(=O)(=O)NCC(OC)OC. The molecule has 0 saturated heterocycles. The Morgan fingerprint density at radius 1 is 1.20 bits per heavy atom. The van der Waals surface area contributed by atoms with Crippen LogP contribution in [0.2, 0.25) is 0 Å². The van der Waals surface area contributed by atoms with Gasteiger partial charge in [0, 0.05) is 27.3 Å². The summed E-state index contributed by atoms with van der Waals surface area (Å²) < 4.78 is 36.8. The molecule has 0 saturated carbocycles. The summed E-state index contributed by atoms with van der Waals surface area (Å²) in [4.78, 5) is 0. The van der Waals surface area contributed by atoms with Crippen molar-refractivity contribution in [3.05, 3.63) is 0 Å². The quantitative estimate of drug-likeness (QED) is 0.596. The van der Waals surface area contributed by atoms with Crippen molar-refractivity contribution in [2.75, 3.05) is 33.9 Å². The Morgan fingerprint density at radius 2 is 1.67 bits per heavy atom. The zero-order chi connectivity index (χ0) is 11.9. The number of hydrogen-bond acceptors (Lipinski definition) is 4. The van der Waals surface area contributed by atoms with E-state index in [2.05, 4.69) is 4.72 Å². The molecule has 0 fully saturated rings. The second-order valence-electron chi connectivity index (χ2n) is 2.84. The molecule has 0 rings (SSSR count). The Hall–Kier alpha value is -0.210. The molecule has 0 bridgehead atoms. The Labute approximate surface area is 91.7 Å². The largest absolute Gasteiger partial charge is 0.355 e. The van der Waals surface area contributed by atoms with E-state index >= 15 is 0 Å². The molecule has 0 aromatic rings. The number of ether oxygens (including phenoxy) is 2. The van der Waals surface area contributed by atoms with E-state index in [0.29, 0.717) is 13.1 Å². The maximum absolute atomic E-state index is 11.6. The van der Waals surface area contributed by atoms with E-state index in [1.54, 1.807) is 13.8 Å². The molecule has 0 radical (unpaired) electrons. The van der Waals surface area contributed by atoms with Crippen LogP contribution in [0.1, 0.15) is 13.8 Å². The van der Waals surface area contributed by atoms with Crippen LogP contribution in [0.25, 0.3) is 0 Å². The van der Waals surface area contributed by atoms with E-state index in [-0.39, 0.29) is 6.54 Å². The van der Waals surface area contributed by atoms with E-state index in [1.807, 2.05) is 0 Å². The van der Waals surface area contributed by atoms with Crippen molar-refractivity contribution < 1.29 is 17.9 Å². The summed E-state index contributed by atoms with van der Waals surface area (Å²) >= 11 is 0. The minimum atomic E-state index is -3.41. The lowest BCUT2D eigenvalue weighted by molar-refractivity contribution is -0.0962. The van der Waals surface area contributed by atoms with Crippen LogP contribution in [0, 0.1) is 0 Å². The molecule has 0 amide bonds. The van der Waals surface area contributed by atoms with Crippen molar-refractivity contribution in [1.82, 2.24) is 9.03 Å². The fourth-order valence-corrected chi connectivity index (χ4v) is 2.30. The van der Waals surface area contributed by atoms with Gasteiger partial charge in [-0.15, -0.1) is 0 Å². The molecule has 0 aliphatic rings. The van der Waals surface area contributed by atoms with Gasteiger partial charge in [-0.25, -0.2) is 0 Å². The number of rotatable bonds is 8. The third-order valence-electron chi connectivity index (χ3n) is 2.00. The smallest absolute Gasteiger partial charge is 0.279 e. The first-order chi connectivity index (χ1) is 7.01. The standard InChI is InChI=1S/C8H20N2O4S/c1-5-10(6-2)15(11,12)9-7-8(13-3)14-4/h8-9H,5-7H2,1-4H3. The van der Waals surface area contributed by atoms with Gasteiger partial charge in [0.2, 0.25) is 0 Å². The molecule has 7 heteroatoms. The molecule has 0 heterocycles. The molecule has 0 unspecified atom stereocenters. The minimum Gasteiger partial charge on any atom is -0.355 e. The van der Waals surface area contributed by atoms with Crippen LogP contribution >= 0.6 is 0 Å². The molecule has 0 spiro atoms. The molecule has 0 aliphatic carbocycles. The Kier molecular flexibility index (Phi) is 7.03. The van der Waals surface area contributed by atoms with Crippen LogP contribution in [0.4, 0.5) is 0 Å². The van der Waals surface area contributed by atoms with Crippen molar-refractivity contribution in [2.45, 2.75) is 20.1 Å². The van der Waals surface area contributed by atoms with Gasteiger partial charge in [0.1, 0.15) is 0 Å². The van der Waals surface area contributed by atoms with E-state index in [0.717, 1.165) is 0 Å². The lowest BCUT2D eigenvalue weighted by Gasteiger charge is -2.20. The first-order valence-corrected chi connectivity index (χ1v) is 6.26. The van der Waals surface area contributed by atoms with Gasteiger partial charge in [0.05, 0.1) is 6.54 Å². The Bertz CT molecular complexity index is 247. The molecule has 0 atom stereocenters. The van der Waals surface area contributed by atoms with E-state index in [1.165, 1.54) is 18.5 Å². The van der Waals surface area contributed by atoms with Gasteiger partial charge in [0.15, 0.2) is 6.29 Å². The van der Waals surface area contributed by atoms with Crippen LogP contribution in [-0.2, 0) is 19.7 Å². The molecule has 1 N–H and O–H groups in total. The van der Waals surface area contributed by atoms with Crippen molar-refractivity contribution >= 4 is 10.2 Å². The predicted molar refractivity (Wildman–Crippen MR) is 57.6 cm³/mol. The highest BCUT2D eigenvalue weighted by Gasteiger charge is 2.19. The summed E-state index contributed by atoms with van der Waals surface area (Å²) in [5.41, 5.74) is 0. The maximum atomic E-state index is 11.6. The summed E-state index contributed by atoms with van der Waals surface area (Å²) in [5, 5.41) is 0. The first-order valence-electron chi connectivity index (χ1n) is 4.82. The molecular formula is C8H20N2O4S. The number of methoxy groups -OCH3 is 2. The number of nitrogens with one attached hydrogen (secondary N) is 1. The average molecular weight is 240 g/mol. The molecular weight excluding hydrogens is 220 g/mol. The molecule has 0 aromatic carbocycles. The monoisotopic (exact) mass is 240 g/mol. The maximum Gasteiger partial charge on any atom is 0.279 e. The lowest BCUT2D eigenvalue weighted by atomic mass is 10.6. The second kappa shape index (κ2) is 7.13. The van der Waals surface area contributed by atoms with Crippen LogP contribution in [0.5, 0.6) is 0 Å². The Morgan fingerprint density at radius 3 is 2.00 bits per heavy atom. The summed E-state index contributed by atoms with van der Waals surface area (Å²) in [6.45, 7) is 4.55. The van der Waals surface area contributed by atoms with Crippen LogP contribution in [0.15, 0.2) is 0 Å². The van der Waals surface area contributed by atoms with E-state index in [9.17, 15) is 8.42 Å². The van der Waals surface area contributed by atoms with E-state index in [4.69, 9.17) is 9.47 Å². The summed E-state index contributed by atoms with van der Waals surface area (Å²) in [6.07, 6.45) is -0.560. The fraction of sp³-hybridized carbons (Fsp3) is 1.00. The van der Waals surface area contributed by atoms with Crippen molar-refractivity contribution in [1.29, 1.82) is 0 Å². The summed E-state index contributed by atoms with van der Waals surface area (Å²) in [5.74, 6) is 0. The zero-order valence-electron chi connectivity index (χ0n) is 9.69. The molecule has 6 nitrogen and oxygen atoms in total. The molecule has 92 valence electrons. The van der Waals surface area contributed by atoms with Crippen LogP contribution in [0.3, 0.4) is 0 Å². The van der Waals surface area contributed by atoms with Crippen molar-refractivity contribution in [3.8, 4) is 0 Å². The average Bonchev–Trinajstić information content (AvgIpc) is 2.20. The summed E-state index contributed by atoms with van der Waals surface area (Å²) in [6, 6.07) is 0. The Balaban J connectivity index is 4.25. The van der Waals surface area contributed by atoms with Crippen molar-refractivity contribution in [3.63, 3.8) is 0 Å². The van der Waals surface area contributed by atoms with Gasteiger partial charge in [0.25, 0.3) is 10.2 Å². The number of nitrogens with zero attached hydrogens (tertiary/aromatic N) is 1. The van der Waals surface area contributed by atoms with Crippen molar-refractivity contribution in [2.24, 2.45) is 0 Å². The minimum absolute atomic E-state index is 0.103. The third kappa shape index (κ3) is 4.89.